The minimum atomic E-state index is -0.158. The molecule has 28 heavy (non-hydrogen) atoms. The Hall–Kier alpha value is -2.26. The zero-order valence-corrected chi connectivity index (χ0v) is 17.4. The molecule has 0 radical (unpaired) electrons. The second kappa shape index (κ2) is 9.79. The van der Waals surface area contributed by atoms with E-state index in [0.29, 0.717) is 17.3 Å². The Labute approximate surface area is 172 Å². The topological polar surface area (TPSA) is 42.2 Å². The van der Waals surface area contributed by atoms with Gasteiger partial charge < -0.3 is 9.73 Å². The second-order valence-corrected chi connectivity index (χ2v) is 7.60. The maximum absolute atomic E-state index is 12.9. The van der Waals surface area contributed by atoms with E-state index in [2.05, 4.69) is 25.2 Å². The zero-order chi connectivity index (χ0) is 19.9. The number of halogens is 1. The number of unbranched alkanes of at least 4 members (excludes halogenated alkanes) is 4. The minimum Gasteiger partial charge on any atom is -0.450 e. The molecule has 0 unspecified atom stereocenters. The van der Waals surface area contributed by atoms with Crippen LogP contribution in [0.2, 0.25) is 5.02 Å². The van der Waals surface area contributed by atoms with E-state index in [1.165, 1.54) is 24.8 Å². The average Bonchev–Trinajstić information content (AvgIpc) is 3.09. The summed E-state index contributed by atoms with van der Waals surface area (Å²) in [7, 11) is 0. The van der Waals surface area contributed by atoms with Crippen molar-refractivity contribution >= 4 is 28.5 Å². The molecule has 0 spiro atoms. The van der Waals surface area contributed by atoms with Crippen molar-refractivity contribution in [2.24, 2.45) is 0 Å². The maximum atomic E-state index is 12.9. The molecule has 0 aliphatic carbocycles. The number of hydrogen-bond acceptors (Lipinski definition) is 2. The fourth-order valence-electron chi connectivity index (χ4n) is 3.44. The van der Waals surface area contributed by atoms with Crippen molar-refractivity contribution in [3.8, 4) is 11.1 Å². The third-order valence-corrected chi connectivity index (χ3v) is 5.32. The predicted octanol–water partition coefficient (Wildman–Crippen LogP) is 7.02. The summed E-state index contributed by atoms with van der Waals surface area (Å²) in [6.45, 7) is 4.99. The van der Waals surface area contributed by atoms with Crippen LogP contribution in [-0.2, 0) is 6.42 Å². The van der Waals surface area contributed by atoms with Crippen molar-refractivity contribution in [1.82, 2.24) is 5.32 Å². The van der Waals surface area contributed by atoms with Crippen LogP contribution in [0.4, 0.5) is 0 Å². The van der Waals surface area contributed by atoms with Crippen LogP contribution in [0.25, 0.3) is 22.1 Å². The molecule has 0 saturated carbocycles. The SMILES string of the molecule is CCCCCCCNC(=O)c1oc2ccc(CC)cc2c1-c1ccc(Cl)cc1. The molecule has 0 aliphatic heterocycles. The first-order valence-electron chi connectivity index (χ1n) is 10.2. The Morgan fingerprint density at radius 1 is 1.00 bits per heavy atom. The van der Waals surface area contributed by atoms with E-state index in [9.17, 15) is 4.79 Å². The van der Waals surface area contributed by atoms with Gasteiger partial charge in [0.25, 0.3) is 5.91 Å². The number of carbonyl (C=O) groups is 1. The van der Waals surface area contributed by atoms with Gasteiger partial charge in [-0.3, -0.25) is 4.79 Å². The van der Waals surface area contributed by atoms with Gasteiger partial charge in [0, 0.05) is 22.5 Å². The highest BCUT2D eigenvalue weighted by molar-refractivity contribution is 6.30. The number of aryl methyl sites for hydroxylation is 1. The van der Waals surface area contributed by atoms with Gasteiger partial charge in [-0.2, -0.15) is 0 Å². The molecule has 148 valence electrons. The van der Waals surface area contributed by atoms with Crippen LogP contribution in [0.1, 0.15) is 62.1 Å². The van der Waals surface area contributed by atoms with E-state index in [1.54, 1.807) is 0 Å². The maximum Gasteiger partial charge on any atom is 0.287 e. The number of fused-ring (bicyclic) bond motifs is 1. The first-order valence-corrected chi connectivity index (χ1v) is 10.6. The van der Waals surface area contributed by atoms with Crippen LogP contribution >= 0.6 is 11.6 Å². The van der Waals surface area contributed by atoms with Crippen molar-refractivity contribution in [3.05, 3.63) is 58.8 Å². The van der Waals surface area contributed by atoms with E-state index in [0.717, 1.165) is 41.4 Å². The summed E-state index contributed by atoms with van der Waals surface area (Å²) < 4.78 is 6.00. The molecule has 1 aromatic heterocycles. The van der Waals surface area contributed by atoms with Crippen molar-refractivity contribution in [2.45, 2.75) is 52.4 Å². The van der Waals surface area contributed by atoms with Crippen LogP contribution < -0.4 is 5.32 Å². The third-order valence-electron chi connectivity index (χ3n) is 5.07. The highest BCUT2D eigenvalue weighted by Gasteiger charge is 2.22. The van der Waals surface area contributed by atoms with Gasteiger partial charge in [0.15, 0.2) is 0 Å². The smallest absolute Gasteiger partial charge is 0.287 e. The van der Waals surface area contributed by atoms with Crippen molar-refractivity contribution in [2.75, 3.05) is 6.54 Å². The fourth-order valence-corrected chi connectivity index (χ4v) is 3.56. The summed E-state index contributed by atoms with van der Waals surface area (Å²) in [6, 6.07) is 13.7. The molecule has 1 heterocycles. The summed E-state index contributed by atoms with van der Waals surface area (Å²) in [5.74, 6) is 0.217. The Morgan fingerprint density at radius 3 is 2.46 bits per heavy atom. The summed E-state index contributed by atoms with van der Waals surface area (Å²) in [6.07, 6.45) is 6.74. The molecule has 0 aliphatic rings. The van der Waals surface area contributed by atoms with Gasteiger partial charge in [-0.05, 0) is 48.2 Å². The molecule has 3 nitrogen and oxygen atoms in total. The summed E-state index contributed by atoms with van der Waals surface area (Å²) >= 11 is 6.06. The van der Waals surface area contributed by atoms with Crippen LogP contribution in [-0.4, -0.2) is 12.5 Å². The monoisotopic (exact) mass is 397 g/mol. The number of amides is 1. The Kier molecular flexibility index (Phi) is 7.16. The predicted molar refractivity (Wildman–Crippen MR) is 117 cm³/mol. The largest absolute Gasteiger partial charge is 0.450 e. The number of furan rings is 1. The van der Waals surface area contributed by atoms with Crippen LogP contribution in [0.3, 0.4) is 0 Å². The lowest BCUT2D eigenvalue weighted by molar-refractivity contribution is 0.0928. The molecule has 0 atom stereocenters. The highest BCUT2D eigenvalue weighted by atomic mass is 35.5. The standard InChI is InChI=1S/C24H28ClNO2/c1-3-5-6-7-8-15-26-24(27)23-22(18-10-12-19(25)13-11-18)20-16-17(4-2)9-14-21(20)28-23/h9-14,16H,3-8,15H2,1-2H3,(H,26,27). The second-order valence-electron chi connectivity index (χ2n) is 7.17. The number of carbonyl (C=O) groups excluding carboxylic acids is 1. The van der Waals surface area contributed by atoms with Crippen molar-refractivity contribution < 1.29 is 9.21 Å². The summed E-state index contributed by atoms with van der Waals surface area (Å²) in [4.78, 5) is 12.9. The number of benzene rings is 2. The Bertz CT molecular complexity index is 928. The van der Waals surface area contributed by atoms with Gasteiger partial charge in [0.1, 0.15) is 5.58 Å². The average molecular weight is 398 g/mol. The van der Waals surface area contributed by atoms with E-state index in [1.807, 2.05) is 36.4 Å². The molecular weight excluding hydrogens is 370 g/mol. The lowest BCUT2D eigenvalue weighted by Crippen LogP contribution is -2.24. The van der Waals surface area contributed by atoms with Gasteiger partial charge in [0.05, 0.1) is 0 Å². The minimum absolute atomic E-state index is 0.158. The molecule has 0 bridgehead atoms. The quantitative estimate of drug-likeness (QED) is 0.394. The fraction of sp³-hybridized carbons (Fsp3) is 0.375. The van der Waals surface area contributed by atoms with Gasteiger partial charge in [-0.1, -0.05) is 69.3 Å². The lowest BCUT2D eigenvalue weighted by atomic mass is 9.99. The van der Waals surface area contributed by atoms with Crippen LogP contribution in [0, 0.1) is 0 Å². The lowest BCUT2D eigenvalue weighted by Gasteiger charge is -2.06. The molecule has 3 aromatic rings. The van der Waals surface area contributed by atoms with E-state index < -0.39 is 0 Å². The molecular formula is C24H28ClNO2. The van der Waals surface area contributed by atoms with Gasteiger partial charge in [0.2, 0.25) is 5.76 Å². The molecule has 0 fully saturated rings. The number of nitrogens with one attached hydrogen (secondary N) is 1. The third kappa shape index (κ3) is 4.77. The Balaban J connectivity index is 1.89. The van der Waals surface area contributed by atoms with Crippen molar-refractivity contribution in [3.63, 3.8) is 0 Å². The van der Waals surface area contributed by atoms with Gasteiger partial charge >= 0.3 is 0 Å². The summed E-state index contributed by atoms with van der Waals surface area (Å²) in [5, 5.41) is 4.67. The molecule has 1 amide bonds. The normalized spacial score (nSPS) is 11.1. The zero-order valence-electron chi connectivity index (χ0n) is 16.7. The molecule has 4 heteroatoms. The van der Waals surface area contributed by atoms with E-state index >= 15 is 0 Å². The highest BCUT2D eigenvalue weighted by Crippen LogP contribution is 2.36. The number of rotatable bonds is 9. The first kappa shape index (κ1) is 20.5. The van der Waals surface area contributed by atoms with Gasteiger partial charge in [-0.15, -0.1) is 0 Å². The Morgan fingerprint density at radius 2 is 1.75 bits per heavy atom. The van der Waals surface area contributed by atoms with E-state index in [-0.39, 0.29) is 5.91 Å². The molecule has 2 aromatic carbocycles. The van der Waals surface area contributed by atoms with Gasteiger partial charge in [-0.25, -0.2) is 0 Å². The van der Waals surface area contributed by atoms with Crippen molar-refractivity contribution in [1.29, 1.82) is 0 Å². The van der Waals surface area contributed by atoms with Crippen LogP contribution in [0.15, 0.2) is 46.9 Å². The molecule has 0 saturated heterocycles. The summed E-state index contributed by atoms with van der Waals surface area (Å²) in [5.41, 5.74) is 3.72. The number of hydrogen-bond donors (Lipinski definition) is 1. The first-order chi connectivity index (χ1) is 13.6. The van der Waals surface area contributed by atoms with E-state index in [4.69, 9.17) is 16.0 Å². The van der Waals surface area contributed by atoms with Crippen LogP contribution in [0.5, 0.6) is 0 Å². The molecule has 1 N–H and O–H groups in total. The molecule has 3 rings (SSSR count).